The van der Waals surface area contributed by atoms with Crippen molar-refractivity contribution in [3.63, 3.8) is 0 Å². The monoisotopic (exact) mass is 535 g/mol. The van der Waals surface area contributed by atoms with Crippen LogP contribution in [0.3, 0.4) is 0 Å². The average Bonchev–Trinajstić information content (AvgIpc) is 2.76. The van der Waals surface area contributed by atoms with Gasteiger partial charge in [-0.2, -0.15) is 0 Å². The summed E-state index contributed by atoms with van der Waals surface area (Å²) in [4.78, 5) is 40.1. The van der Waals surface area contributed by atoms with Crippen LogP contribution in [-0.2, 0) is 26.2 Å². The zero-order valence-corrected chi connectivity index (χ0v) is 23.1. The Balaban J connectivity index is 2.49. The number of sulfonamides is 1. The van der Waals surface area contributed by atoms with Gasteiger partial charge in [0.25, 0.3) is 0 Å². The van der Waals surface area contributed by atoms with Crippen molar-refractivity contribution in [2.45, 2.75) is 59.2 Å². The van der Waals surface area contributed by atoms with Crippen molar-refractivity contribution in [3.05, 3.63) is 64.7 Å². The highest BCUT2D eigenvalue weighted by Gasteiger charge is 2.33. The predicted octanol–water partition coefficient (Wildman–Crippen LogP) is 4.03. The van der Waals surface area contributed by atoms with Gasteiger partial charge in [-0.15, -0.1) is 0 Å². The highest BCUT2D eigenvalue weighted by Crippen LogP contribution is 2.22. The van der Waals surface area contributed by atoms with E-state index in [0.29, 0.717) is 17.0 Å². The lowest BCUT2D eigenvalue weighted by Gasteiger charge is -2.34. The van der Waals surface area contributed by atoms with Crippen LogP contribution in [0.1, 0.15) is 57.0 Å². The average molecular weight is 536 g/mol. The molecule has 0 bridgehead atoms. The smallest absolute Gasteiger partial charge is 0.244 e. The van der Waals surface area contributed by atoms with Crippen LogP contribution in [0, 0.1) is 0 Å². The Kier molecular flexibility index (Phi) is 9.68. The third kappa shape index (κ3) is 8.34. The number of nitrogens with one attached hydrogen (secondary N) is 1. The number of hydrogen-bond acceptors (Lipinski definition) is 5. The molecule has 0 unspecified atom stereocenters. The highest BCUT2D eigenvalue weighted by atomic mass is 35.5. The molecular weight excluding hydrogens is 502 g/mol. The molecule has 2 aromatic rings. The van der Waals surface area contributed by atoms with Gasteiger partial charge in [0, 0.05) is 22.7 Å². The number of rotatable bonds is 10. The SMILES string of the molecule is CC[C@@H](C(=O)NC(C)(C)C)N(Cc1ccc(Cl)cc1)C(=O)CN(c1cccc(C(C)=O)c1)S(C)(=O)=O. The van der Waals surface area contributed by atoms with Crippen molar-refractivity contribution in [3.8, 4) is 0 Å². The molecule has 0 heterocycles. The molecule has 0 aliphatic rings. The topological polar surface area (TPSA) is 104 Å². The zero-order chi connectivity index (χ0) is 27.3. The largest absolute Gasteiger partial charge is 0.350 e. The Morgan fingerprint density at radius 1 is 1.06 bits per heavy atom. The Morgan fingerprint density at radius 3 is 2.17 bits per heavy atom. The minimum Gasteiger partial charge on any atom is -0.350 e. The number of anilines is 1. The summed E-state index contributed by atoms with van der Waals surface area (Å²) in [6, 6.07) is 12.1. The van der Waals surface area contributed by atoms with Gasteiger partial charge in [-0.05, 0) is 63.9 Å². The van der Waals surface area contributed by atoms with Crippen LogP contribution in [0.2, 0.25) is 5.02 Å². The fraction of sp³-hybridized carbons (Fsp3) is 0.423. The van der Waals surface area contributed by atoms with Gasteiger partial charge in [-0.25, -0.2) is 8.42 Å². The maximum absolute atomic E-state index is 13.7. The predicted molar refractivity (Wildman–Crippen MR) is 143 cm³/mol. The molecule has 0 saturated heterocycles. The Bertz CT molecular complexity index is 1210. The zero-order valence-electron chi connectivity index (χ0n) is 21.5. The third-order valence-corrected chi connectivity index (χ3v) is 6.76. The van der Waals surface area contributed by atoms with E-state index in [4.69, 9.17) is 11.6 Å². The molecule has 0 aliphatic heterocycles. The van der Waals surface area contributed by atoms with Crippen molar-refractivity contribution in [1.29, 1.82) is 0 Å². The number of nitrogens with zero attached hydrogens (tertiary/aromatic N) is 2. The highest BCUT2D eigenvalue weighted by molar-refractivity contribution is 7.92. The maximum atomic E-state index is 13.7. The van der Waals surface area contributed by atoms with Crippen molar-refractivity contribution in [2.75, 3.05) is 17.1 Å². The number of hydrogen-bond donors (Lipinski definition) is 1. The summed E-state index contributed by atoms with van der Waals surface area (Å²) >= 11 is 6.00. The van der Waals surface area contributed by atoms with Gasteiger partial charge in [-0.3, -0.25) is 18.7 Å². The number of amides is 2. The molecule has 8 nitrogen and oxygen atoms in total. The Labute approximate surface area is 218 Å². The van der Waals surface area contributed by atoms with E-state index in [2.05, 4.69) is 5.32 Å². The van der Waals surface area contributed by atoms with Gasteiger partial charge in [0.1, 0.15) is 12.6 Å². The summed E-state index contributed by atoms with van der Waals surface area (Å²) in [5.74, 6) is -1.12. The number of ketones is 1. The van der Waals surface area contributed by atoms with E-state index in [1.165, 1.54) is 24.0 Å². The molecule has 36 heavy (non-hydrogen) atoms. The summed E-state index contributed by atoms with van der Waals surface area (Å²) in [5, 5.41) is 3.44. The van der Waals surface area contributed by atoms with Crippen LogP contribution in [0.4, 0.5) is 5.69 Å². The molecule has 2 aromatic carbocycles. The van der Waals surface area contributed by atoms with E-state index in [0.717, 1.165) is 16.1 Å². The molecular formula is C26H34ClN3O5S. The standard InChI is InChI=1S/C26H34ClN3O5S/c1-7-23(25(33)28-26(3,4)5)29(16-19-11-13-21(27)14-12-19)24(32)17-30(36(6,34)35)22-10-8-9-20(15-22)18(2)31/h8-15,23H,7,16-17H2,1-6H3,(H,28,33)/t23-/m0/s1. The first-order chi connectivity index (χ1) is 16.6. The van der Waals surface area contributed by atoms with E-state index >= 15 is 0 Å². The summed E-state index contributed by atoms with van der Waals surface area (Å²) < 4.78 is 26.4. The molecule has 0 radical (unpaired) electrons. The normalized spacial score (nSPS) is 12.5. The van der Waals surface area contributed by atoms with Gasteiger partial charge in [0.15, 0.2) is 5.78 Å². The molecule has 0 aromatic heterocycles. The van der Waals surface area contributed by atoms with E-state index in [9.17, 15) is 22.8 Å². The first-order valence-corrected chi connectivity index (χ1v) is 13.8. The number of halogens is 1. The van der Waals surface area contributed by atoms with E-state index < -0.39 is 34.1 Å². The van der Waals surface area contributed by atoms with Gasteiger partial charge in [0.2, 0.25) is 21.8 Å². The van der Waals surface area contributed by atoms with E-state index in [1.54, 1.807) is 43.3 Å². The second-order valence-corrected chi connectivity index (χ2v) is 12.0. The molecule has 0 fully saturated rings. The van der Waals surface area contributed by atoms with Crippen LogP contribution in [0.25, 0.3) is 0 Å². The molecule has 0 spiro atoms. The van der Waals surface area contributed by atoms with Gasteiger partial charge >= 0.3 is 0 Å². The van der Waals surface area contributed by atoms with Gasteiger partial charge in [-0.1, -0.05) is 42.8 Å². The molecule has 196 valence electrons. The number of Topliss-reactive ketones (excluding diaryl/α,β-unsaturated/α-hetero) is 1. The van der Waals surface area contributed by atoms with Crippen LogP contribution < -0.4 is 9.62 Å². The first kappa shape index (κ1) is 29.3. The molecule has 2 rings (SSSR count). The fourth-order valence-electron chi connectivity index (χ4n) is 3.65. The summed E-state index contributed by atoms with van der Waals surface area (Å²) in [6.45, 7) is 8.25. The van der Waals surface area contributed by atoms with Crippen LogP contribution in [-0.4, -0.2) is 55.3 Å². The van der Waals surface area contributed by atoms with Crippen molar-refractivity contribution < 1.29 is 22.8 Å². The van der Waals surface area contributed by atoms with Crippen LogP contribution in [0.5, 0.6) is 0 Å². The van der Waals surface area contributed by atoms with E-state index in [1.807, 2.05) is 20.8 Å². The van der Waals surface area contributed by atoms with Crippen molar-refractivity contribution in [1.82, 2.24) is 10.2 Å². The van der Waals surface area contributed by atoms with E-state index in [-0.39, 0.29) is 23.9 Å². The first-order valence-electron chi connectivity index (χ1n) is 11.6. The second kappa shape index (κ2) is 11.9. The van der Waals surface area contributed by atoms with Crippen molar-refractivity contribution in [2.24, 2.45) is 0 Å². The summed E-state index contributed by atoms with van der Waals surface area (Å²) in [7, 11) is -3.89. The Morgan fingerprint density at radius 2 is 1.67 bits per heavy atom. The Hall–Kier alpha value is -2.91. The quantitative estimate of drug-likeness (QED) is 0.462. The lowest BCUT2D eigenvalue weighted by Crippen LogP contribution is -2.55. The van der Waals surface area contributed by atoms with Gasteiger partial charge < -0.3 is 10.2 Å². The third-order valence-electron chi connectivity index (χ3n) is 5.37. The second-order valence-electron chi connectivity index (χ2n) is 9.69. The lowest BCUT2D eigenvalue weighted by atomic mass is 10.1. The molecule has 0 aliphatic carbocycles. The summed E-state index contributed by atoms with van der Waals surface area (Å²) in [6.07, 6.45) is 1.31. The molecule has 2 amide bonds. The number of carbonyl (C=O) groups is 3. The number of benzene rings is 2. The molecule has 10 heteroatoms. The molecule has 1 atom stereocenters. The lowest BCUT2D eigenvalue weighted by molar-refractivity contribution is -0.141. The van der Waals surface area contributed by atoms with Crippen LogP contribution >= 0.6 is 11.6 Å². The van der Waals surface area contributed by atoms with Gasteiger partial charge in [0.05, 0.1) is 11.9 Å². The fourth-order valence-corrected chi connectivity index (χ4v) is 4.62. The van der Waals surface area contributed by atoms with Crippen LogP contribution in [0.15, 0.2) is 48.5 Å². The molecule has 1 N–H and O–H groups in total. The molecule has 0 saturated carbocycles. The minimum atomic E-state index is -3.89. The van der Waals surface area contributed by atoms with Crippen molar-refractivity contribution >= 4 is 44.9 Å². The summed E-state index contributed by atoms with van der Waals surface area (Å²) in [5.41, 5.74) is 0.727. The maximum Gasteiger partial charge on any atom is 0.244 e. The minimum absolute atomic E-state index is 0.0805. The number of carbonyl (C=O) groups excluding carboxylic acids is 3.